The molecule has 30 heavy (non-hydrogen) atoms. The maximum atomic E-state index is 13.4. The lowest BCUT2D eigenvalue weighted by Crippen LogP contribution is -2.44. The fraction of sp³-hybridized carbons (Fsp3) is 0.125. The van der Waals surface area contributed by atoms with E-state index in [4.69, 9.17) is 11.6 Å². The fourth-order valence-corrected chi connectivity index (χ4v) is 3.74. The Morgan fingerprint density at radius 3 is 2.07 bits per heavy atom. The van der Waals surface area contributed by atoms with E-state index in [0.29, 0.717) is 27.4 Å². The summed E-state index contributed by atoms with van der Waals surface area (Å²) < 4.78 is 0. The molecule has 3 aromatic rings. The number of aryl methyl sites for hydroxylation is 2. The van der Waals surface area contributed by atoms with Crippen molar-refractivity contribution in [3.05, 3.63) is 99.6 Å². The average Bonchev–Trinajstić information content (AvgIpc) is 2.97. The Hall–Kier alpha value is -3.44. The number of halogens is 1. The van der Waals surface area contributed by atoms with E-state index >= 15 is 0 Å². The molecule has 0 N–H and O–H groups in total. The van der Waals surface area contributed by atoms with Gasteiger partial charge < -0.3 is 0 Å². The third-order valence-corrected chi connectivity index (χ3v) is 5.39. The topological polar surface area (TPSA) is 57.7 Å². The third kappa shape index (κ3) is 3.48. The largest absolute Gasteiger partial charge is 0.289 e. The number of hydrogen-bond acceptors (Lipinski definition) is 3. The van der Waals surface area contributed by atoms with Crippen molar-refractivity contribution in [2.24, 2.45) is 0 Å². The van der Waals surface area contributed by atoms with Crippen LogP contribution in [0.5, 0.6) is 0 Å². The molecule has 0 bridgehead atoms. The van der Waals surface area contributed by atoms with Gasteiger partial charge in [0, 0.05) is 16.3 Å². The van der Waals surface area contributed by atoms with Crippen LogP contribution in [-0.4, -0.2) is 29.3 Å². The maximum Gasteiger partial charge on any atom is 0.263 e. The van der Waals surface area contributed by atoms with E-state index < -0.39 is 11.8 Å². The number of fused-ring (bicyclic) bond motifs is 1. The summed E-state index contributed by atoms with van der Waals surface area (Å²) in [5.74, 6) is -1.14. The van der Waals surface area contributed by atoms with E-state index in [1.165, 1.54) is 4.90 Å². The van der Waals surface area contributed by atoms with Crippen molar-refractivity contribution < 1.29 is 14.4 Å². The summed E-state index contributed by atoms with van der Waals surface area (Å²) in [5.41, 5.74) is 3.67. The normalized spacial score (nSPS) is 12.8. The molecule has 0 fully saturated rings. The van der Waals surface area contributed by atoms with E-state index in [9.17, 15) is 14.4 Å². The predicted molar refractivity (Wildman–Crippen MR) is 116 cm³/mol. The highest BCUT2D eigenvalue weighted by Crippen LogP contribution is 2.28. The molecule has 150 valence electrons. The zero-order chi connectivity index (χ0) is 21.4. The van der Waals surface area contributed by atoms with Gasteiger partial charge in [0.2, 0.25) is 0 Å². The Bertz CT molecular complexity index is 1140. The number of benzene rings is 3. The predicted octanol–water partition coefficient (Wildman–Crippen LogP) is 4.86. The fourth-order valence-electron chi connectivity index (χ4n) is 3.62. The van der Waals surface area contributed by atoms with E-state index in [0.717, 1.165) is 16.0 Å². The molecule has 0 saturated heterocycles. The molecule has 0 radical (unpaired) electrons. The maximum absolute atomic E-state index is 13.4. The van der Waals surface area contributed by atoms with Crippen LogP contribution in [0.25, 0.3) is 0 Å². The molecule has 0 saturated carbocycles. The molecule has 0 atom stereocenters. The monoisotopic (exact) mass is 418 g/mol. The van der Waals surface area contributed by atoms with Crippen molar-refractivity contribution in [1.82, 2.24) is 4.90 Å². The van der Waals surface area contributed by atoms with Crippen molar-refractivity contribution >= 4 is 35.0 Å². The number of anilines is 1. The Balaban J connectivity index is 1.74. The molecule has 4 rings (SSSR count). The van der Waals surface area contributed by atoms with Gasteiger partial charge in [0.1, 0.15) is 6.67 Å². The van der Waals surface area contributed by atoms with Crippen molar-refractivity contribution in [3.63, 3.8) is 0 Å². The SMILES string of the molecule is Cc1ccc(N(CN2C(=O)c3ccccc3C2=O)C(=O)c2ccc(Cl)cc2)c(C)c1. The Morgan fingerprint density at radius 1 is 0.900 bits per heavy atom. The van der Waals surface area contributed by atoms with Crippen molar-refractivity contribution in [2.45, 2.75) is 13.8 Å². The highest BCUT2D eigenvalue weighted by atomic mass is 35.5. The summed E-state index contributed by atoms with van der Waals surface area (Å²) in [6, 6.07) is 18.9. The van der Waals surface area contributed by atoms with Gasteiger partial charge in [0.15, 0.2) is 0 Å². The number of hydrogen-bond donors (Lipinski definition) is 0. The van der Waals surface area contributed by atoms with Gasteiger partial charge >= 0.3 is 0 Å². The van der Waals surface area contributed by atoms with Crippen molar-refractivity contribution in [1.29, 1.82) is 0 Å². The van der Waals surface area contributed by atoms with E-state index in [1.54, 1.807) is 48.5 Å². The standard InChI is InChI=1S/C24H19ClN2O3/c1-15-7-12-21(16(2)13-15)26(22(28)17-8-10-18(25)11-9-17)14-27-23(29)19-5-3-4-6-20(19)24(27)30/h3-13H,14H2,1-2H3. The highest BCUT2D eigenvalue weighted by Gasteiger charge is 2.37. The lowest BCUT2D eigenvalue weighted by Gasteiger charge is -2.28. The van der Waals surface area contributed by atoms with Gasteiger partial charge in [-0.1, -0.05) is 41.4 Å². The lowest BCUT2D eigenvalue weighted by molar-refractivity contribution is 0.0650. The summed E-state index contributed by atoms with van der Waals surface area (Å²) in [5, 5.41) is 0.518. The zero-order valence-corrected chi connectivity index (χ0v) is 17.3. The molecule has 1 aliphatic heterocycles. The summed E-state index contributed by atoms with van der Waals surface area (Å²) in [4.78, 5) is 41.7. The molecule has 6 heteroatoms. The minimum atomic E-state index is -0.408. The van der Waals surface area contributed by atoms with Crippen LogP contribution in [0.15, 0.2) is 66.7 Å². The summed E-state index contributed by atoms with van der Waals surface area (Å²) in [6.45, 7) is 3.68. The average molecular weight is 419 g/mol. The Labute approximate surface area is 179 Å². The van der Waals surface area contributed by atoms with Crippen LogP contribution in [-0.2, 0) is 0 Å². The number of nitrogens with zero attached hydrogens (tertiary/aromatic N) is 2. The first-order valence-electron chi connectivity index (χ1n) is 9.46. The second kappa shape index (κ2) is 7.76. The molecular formula is C24H19ClN2O3. The van der Waals surface area contributed by atoms with E-state index in [1.807, 2.05) is 32.0 Å². The van der Waals surface area contributed by atoms with Gasteiger partial charge in [-0.15, -0.1) is 0 Å². The van der Waals surface area contributed by atoms with Crippen LogP contribution in [0, 0.1) is 13.8 Å². The quantitative estimate of drug-likeness (QED) is 0.568. The van der Waals surface area contributed by atoms with Gasteiger partial charge in [-0.3, -0.25) is 24.2 Å². The number of rotatable bonds is 4. The molecule has 1 aliphatic rings. The minimum Gasteiger partial charge on any atom is -0.289 e. The van der Waals surface area contributed by atoms with Crippen LogP contribution in [0.3, 0.4) is 0 Å². The molecule has 0 aliphatic carbocycles. The molecule has 3 aromatic carbocycles. The second-order valence-corrected chi connectivity index (χ2v) is 7.69. The van der Waals surface area contributed by atoms with Crippen LogP contribution in [0.2, 0.25) is 5.02 Å². The molecule has 0 unspecified atom stereocenters. The van der Waals surface area contributed by atoms with E-state index in [-0.39, 0.29) is 12.6 Å². The smallest absolute Gasteiger partial charge is 0.263 e. The van der Waals surface area contributed by atoms with Crippen LogP contribution in [0.4, 0.5) is 5.69 Å². The molecule has 1 heterocycles. The van der Waals surface area contributed by atoms with Gasteiger partial charge in [-0.05, 0) is 61.9 Å². The van der Waals surface area contributed by atoms with Crippen LogP contribution < -0.4 is 4.90 Å². The summed E-state index contributed by atoms with van der Waals surface area (Å²) in [6.07, 6.45) is 0. The van der Waals surface area contributed by atoms with Gasteiger partial charge in [-0.2, -0.15) is 0 Å². The molecule has 0 aromatic heterocycles. The first kappa shape index (κ1) is 19.9. The lowest BCUT2D eigenvalue weighted by atomic mass is 10.1. The number of amides is 3. The molecular weight excluding hydrogens is 400 g/mol. The molecule has 3 amide bonds. The van der Waals surface area contributed by atoms with E-state index in [2.05, 4.69) is 0 Å². The minimum absolute atomic E-state index is 0.183. The summed E-state index contributed by atoms with van der Waals surface area (Å²) >= 11 is 5.96. The van der Waals surface area contributed by atoms with Crippen LogP contribution >= 0.6 is 11.6 Å². The number of carbonyl (C=O) groups excluding carboxylic acids is 3. The first-order valence-corrected chi connectivity index (χ1v) is 9.84. The van der Waals surface area contributed by atoms with Crippen molar-refractivity contribution in [3.8, 4) is 0 Å². The zero-order valence-electron chi connectivity index (χ0n) is 16.6. The second-order valence-electron chi connectivity index (χ2n) is 7.26. The third-order valence-electron chi connectivity index (χ3n) is 5.14. The Morgan fingerprint density at radius 2 is 1.50 bits per heavy atom. The van der Waals surface area contributed by atoms with Crippen LogP contribution in [0.1, 0.15) is 42.2 Å². The number of imide groups is 1. The number of carbonyl (C=O) groups is 3. The van der Waals surface area contributed by atoms with Gasteiger partial charge in [-0.25, -0.2) is 0 Å². The molecule has 0 spiro atoms. The highest BCUT2D eigenvalue weighted by molar-refractivity contribution is 6.30. The van der Waals surface area contributed by atoms with Crippen molar-refractivity contribution in [2.75, 3.05) is 11.6 Å². The van der Waals surface area contributed by atoms with Gasteiger partial charge in [0.25, 0.3) is 17.7 Å². The molecule has 5 nitrogen and oxygen atoms in total. The Kier molecular flexibility index (Phi) is 5.14. The summed E-state index contributed by atoms with van der Waals surface area (Å²) in [7, 11) is 0. The van der Waals surface area contributed by atoms with Gasteiger partial charge in [0.05, 0.1) is 11.1 Å². The first-order chi connectivity index (χ1) is 14.4.